The lowest BCUT2D eigenvalue weighted by atomic mass is 9.87. The van der Waals surface area contributed by atoms with Gasteiger partial charge >= 0.3 is 0 Å². The first-order valence-electron chi connectivity index (χ1n) is 6.70. The summed E-state index contributed by atoms with van der Waals surface area (Å²) < 4.78 is 5.46. The van der Waals surface area contributed by atoms with Crippen LogP contribution in [0.5, 0.6) is 0 Å². The first kappa shape index (κ1) is 19.3. The Morgan fingerprint density at radius 1 is 0.762 bits per heavy atom. The molecule has 8 heteroatoms. The van der Waals surface area contributed by atoms with Gasteiger partial charge in [0.2, 0.25) is 28.7 Å². The molecule has 113 valence electrons. The van der Waals surface area contributed by atoms with Crippen LogP contribution in [0.25, 0.3) is 0 Å². The lowest BCUT2D eigenvalue weighted by Gasteiger charge is -2.33. The zero-order valence-corrected chi connectivity index (χ0v) is 12.8. The van der Waals surface area contributed by atoms with Crippen LogP contribution in [0.4, 0.5) is 0 Å². The molecule has 21 heavy (non-hydrogen) atoms. The Balaban J connectivity index is 4.51. The third-order valence-electron chi connectivity index (χ3n) is 3.12. The zero-order valence-electron chi connectivity index (χ0n) is 11.8. The lowest BCUT2D eigenvalue weighted by Crippen LogP contribution is -2.33. The molecule has 0 fully saturated rings. The Morgan fingerprint density at radius 3 is 1.33 bits per heavy atom. The van der Waals surface area contributed by atoms with Crippen molar-refractivity contribution in [2.45, 2.75) is 44.1 Å². The fraction of sp³-hybridized carbons (Fsp3) is 0.769. The smallest absolute Gasteiger partial charge is 0.247 e. The summed E-state index contributed by atoms with van der Waals surface area (Å²) in [5.41, 5.74) is -0.466. The van der Waals surface area contributed by atoms with E-state index in [1.165, 1.54) is 18.2 Å². The Labute approximate surface area is 127 Å². The van der Waals surface area contributed by atoms with Crippen LogP contribution in [-0.4, -0.2) is 54.0 Å². The predicted octanol–water partition coefficient (Wildman–Crippen LogP) is 1.17. The van der Waals surface area contributed by atoms with Gasteiger partial charge < -0.3 is 4.43 Å². The highest BCUT2D eigenvalue weighted by molar-refractivity contribution is 5.98. The quantitative estimate of drug-likeness (QED) is 0.221. The summed E-state index contributed by atoms with van der Waals surface area (Å²) in [6.07, 6.45) is 8.55. The third kappa shape index (κ3) is 9.79. The van der Waals surface area contributed by atoms with Crippen LogP contribution in [-0.2, 0) is 18.8 Å². The Hall–Kier alpha value is -1.68. The molecule has 0 saturated carbocycles. The molecule has 0 heterocycles. The van der Waals surface area contributed by atoms with E-state index in [0.29, 0.717) is 58.2 Å². The van der Waals surface area contributed by atoms with Crippen LogP contribution >= 0.6 is 0 Å². The standard InChI is InChI=1S/C13H18N3O4Si/c17-10-14-7-1-4-13(20-21,5-2-8-15-11-18)6-3-9-16-12-19/h1-9H2. The van der Waals surface area contributed by atoms with Gasteiger partial charge in [0.15, 0.2) is 0 Å². The fourth-order valence-electron chi connectivity index (χ4n) is 2.11. The number of carbonyl (C=O) groups excluding carboxylic acids is 3. The molecule has 0 unspecified atom stereocenters. The van der Waals surface area contributed by atoms with Crippen LogP contribution in [0.3, 0.4) is 0 Å². The maximum Gasteiger partial charge on any atom is 0.247 e. The summed E-state index contributed by atoms with van der Waals surface area (Å²) in [6.45, 7) is 1.17. The van der Waals surface area contributed by atoms with E-state index in [-0.39, 0.29) is 0 Å². The van der Waals surface area contributed by atoms with Gasteiger partial charge in [0, 0.05) is 0 Å². The number of isocyanates is 3. The second-order valence-electron chi connectivity index (χ2n) is 4.51. The zero-order chi connectivity index (χ0) is 15.8. The minimum absolute atomic E-state index is 0.389. The van der Waals surface area contributed by atoms with Gasteiger partial charge in [-0.05, 0) is 38.5 Å². The molecule has 0 aliphatic carbocycles. The van der Waals surface area contributed by atoms with Gasteiger partial charge in [0.25, 0.3) is 0 Å². The lowest BCUT2D eigenvalue weighted by molar-refractivity contribution is 0.0465. The Bertz CT molecular complexity index is 365. The second kappa shape index (κ2) is 13.3. The summed E-state index contributed by atoms with van der Waals surface area (Å²) in [5.74, 6) is 0. The number of hydrogen-bond acceptors (Lipinski definition) is 7. The molecular formula is C13H18N3O4Si. The van der Waals surface area contributed by atoms with Crippen molar-refractivity contribution >= 4 is 28.7 Å². The van der Waals surface area contributed by atoms with Crippen molar-refractivity contribution in [2.75, 3.05) is 19.6 Å². The van der Waals surface area contributed by atoms with Crippen LogP contribution in [0, 0.1) is 0 Å². The molecule has 0 aromatic heterocycles. The van der Waals surface area contributed by atoms with Crippen LogP contribution in [0.15, 0.2) is 15.0 Å². The molecule has 0 bridgehead atoms. The SMILES string of the molecule is O=C=NCCCC(CCCN=C=O)(CCCN=C=O)O[Si]. The van der Waals surface area contributed by atoms with Crippen molar-refractivity contribution in [2.24, 2.45) is 15.0 Å². The van der Waals surface area contributed by atoms with Crippen molar-refractivity contribution in [3.05, 3.63) is 0 Å². The van der Waals surface area contributed by atoms with E-state index < -0.39 is 5.60 Å². The van der Waals surface area contributed by atoms with E-state index in [0.717, 1.165) is 0 Å². The maximum absolute atomic E-state index is 10.1. The van der Waals surface area contributed by atoms with Gasteiger partial charge in [-0.2, -0.15) is 0 Å². The molecule has 0 aromatic carbocycles. The molecule has 3 radical (unpaired) electrons. The normalized spacial score (nSPS) is 12.4. The van der Waals surface area contributed by atoms with Gasteiger partial charge in [-0.3, -0.25) is 0 Å². The van der Waals surface area contributed by atoms with E-state index in [2.05, 4.69) is 25.5 Å². The van der Waals surface area contributed by atoms with Crippen LogP contribution < -0.4 is 0 Å². The second-order valence-corrected chi connectivity index (χ2v) is 4.72. The Morgan fingerprint density at radius 2 is 1.10 bits per heavy atom. The summed E-state index contributed by atoms with van der Waals surface area (Å²) in [4.78, 5) is 40.7. The van der Waals surface area contributed by atoms with E-state index in [9.17, 15) is 14.4 Å². The molecular weight excluding hydrogens is 290 g/mol. The maximum atomic E-state index is 10.1. The largest absolute Gasteiger partial charge is 0.413 e. The molecule has 0 aliphatic rings. The van der Waals surface area contributed by atoms with Crippen LogP contribution in [0.1, 0.15) is 38.5 Å². The van der Waals surface area contributed by atoms with Gasteiger partial charge in [0.1, 0.15) is 0 Å². The molecule has 0 spiro atoms. The summed E-state index contributed by atoms with van der Waals surface area (Å²) in [7, 11) is 3.11. The van der Waals surface area contributed by atoms with Crippen LogP contribution in [0.2, 0.25) is 0 Å². The van der Waals surface area contributed by atoms with E-state index in [1.807, 2.05) is 0 Å². The number of hydrogen-bond donors (Lipinski definition) is 0. The number of aliphatic imine (C=N–C) groups is 3. The van der Waals surface area contributed by atoms with Crippen molar-refractivity contribution in [1.82, 2.24) is 0 Å². The molecule has 0 amide bonds. The molecule has 0 rings (SSSR count). The fourth-order valence-corrected chi connectivity index (χ4v) is 2.41. The molecule has 0 atom stereocenters. The predicted molar refractivity (Wildman–Crippen MR) is 76.2 cm³/mol. The van der Waals surface area contributed by atoms with Gasteiger partial charge in [-0.1, -0.05) is 0 Å². The molecule has 0 saturated heterocycles. The van der Waals surface area contributed by atoms with Gasteiger partial charge in [0.05, 0.1) is 25.2 Å². The topological polar surface area (TPSA) is 97.5 Å². The minimum Gasteiger partial charge on any atom is -0.413 e. The first-order valence-corrected chi connectivity index (χ1v) is 7.11. The van der Waals surface area contributed by atoms with E-state index >= 15 is 0 Å². The molecule has 0 aliphatic heterocycles. The monoisotopic (exact) mass is 308 g/mol. The van der Waals surface area contributed by atoms with Crippen molar-refractivity contribution < 1.29 is 18.8 Å². The van der Waals surface area contributed by atoms with Gasteiger partial charge in [-0.15, -0.1) is 0 Å². The highest BCUT2D eigenvalue weighted by Gasteiger charge is 2.27. The van der Waals surface area contributed by atoms with Gasteiger partial charge in [-0.25, -0.2) is 29.4 Å². The molecule has 7 nitrogen and oxygen atoms in total. The molecule has 0 N–H and O–H groups in total. The minimum atomic E-state index is -0.466. The number of rotatable bonds is 13. The van der Waals surface area contributed by atoms with Crippen molar-refractivity contribution in [1.29, 1.82) is 0 Å². The Kier molecular flexibility index (Phi) is 12.2. The summed E-state index contributed by atoms with van der Waals surface area (Å²) >= 11 is 0. The third-order valence-corrected chi connectivity index (χ3v) is 3.55. The number of nitrogens with zero attached hydrogens (tertiary/aromatic N) is 3. The highest BCUT2D eigenvalue weighted by atomic mass is 28.2. The van der Waals surface area contributed by atoms with Crippen molar-refractivity contribution in [3.8, 4) is 0 Å². The average molecular weight is 308 g/mol. The average Bonchev–Trinajstić information content (AvgIpc) is 2.51. The highest BCUT2D eigenvalue weighted by Crippen LogP contribution is 2.29. The first-order chi connectivity index (χ1) is 10.2. The van der Waals surface area contributed by atoms with Crippen molar-refractivity contribution in [3.63, 3.8) is 0 Å². The molecule has 0 aromatic rings. The summed E-state index contributed by atoms with van der Waals surface area (Å²) in [5, 5.41) is 0. The van der Waals surface area contributed by atoms with E-state index in [4.69, 9.17) is 4.43 Å². The van der Waals surface area contributed by atoms with E-state index in [1.54, 1.807) is 0 Å². The summed E-state index contributed by atoms with van der Waals surface area (Å²) in [6, 6.07) is 0.